The number of imide groups is 1. The van der Waals surface area contributed by atoms with E-state index < -0.39 is 23.7 Å². The number of amides is 4. The Bertz CT molecular complexity index is 1740. The van der Waals surface area contributed by atoms with Crippen molar-refractivity contribution >= 4 is 29.3 Å². The third-order valence-corrected chi connectivity index (χ3v) is 10.7. The normalized spacial score (nSPS) is 25.2. The summed E-state index contributed by atoms with van der Waals surface area (Å²) in [5.41, 5.74) is 1.83. The summed E-state index contributed by atoms with van der Waals surface area (Å²) in [5, 5.41) is 16.3. The third-order valence-electron chi connectivity index (χ3n) is 10.7. The lowest BCUT2D eigenvalue weighted by Crippen LogP contribution is -2.53. The van der Waals surface area contributed by atoms with Crippen LogP contribution in [0.2, 0.25) is 0 Å². The number of H-pyrrole nitrogens is 1. The van der Waals surface area contributed by atoms with Gasteiger partial charge in [-0.1, -0.05) is 19.9 Å². The molecule has 0 aromatic carbocycles. The van der Waals surface area contributed by atoms with Crippen molar-refractivity contribution in [2.24, 2.45) is 17.3 Å². The number of likely N-dealkylation sites (tertiary alicyclic amines) is 1. The second kappa shape index (κ2) is 12.2. The van der Waals surface area contributed by atoms with Crippen LogP contribution in [0.3, 0.4) is 0 Å². The number of nitrogens with one attached hydrogen (secondary N) is 3. The maximum atomic E-state index is 14.7. The Labute approximate surface area is 276 Å². The molecule has 14 heteroatoms. The van der Waals surface area contributed by atoms with Gasteiger partial charge in [-0.05, 0) is 43.7 Å². The van der Waals surface area contributed by atoms with E-state index in [-0.39, 0.29) is 59.1 Å². The summed E-state index contributed by atoms with van der Waals surface area (Å²) in [7, 11) is 0. The van der Waals surface area contributed by atoms with Gasteiger partial charge in [-0.25, -0.2) is 8.78 Å². The van der Waals surface area contributed by atoms with Gasteiger partial charge in [-0.3, -0.25) is 39.3 Å². The Hall–Kier alpha value is -4.49. The van der Waals surface area contributed by atoms with Crippen LogP contribution in [-0.2, 0) is 33.8 Å². The lowest BCUT2D eigenvalue weighted by molar-refractivity contribution is -0.143. The smallest absolute Gasteiger partial charge is 0.276 e. The van der Waals surface area contributed by atoms with Crippen molar-refractivity contribution < 1.29 is 28.0 Å². The molecule has 3 aromatic heterocycles. The average Bonchev–Trinajstić information content (AvgIpc) is 3.64. The van der Waals surface area contributed by atoms with Gasteiger partial charge in [0.15, 0.2) is 5.69 Å². The average molecular weight is 663 g/mol. The molecule has 254 valence electrons. The highest BCUT2D eigenvalue weighted by Crippen LogP contribution is 2.46. The van der Waals surface area contributed by atoms with Gasteiger partial charge in [0.2, 0.25) is 17.7 Å². The quantitative estimate of drug-likeness (QED) is 0.324. The molecule has 12 nitrogen and oxygen atoms in total. The van der Waals surface area contributed by atoms with E-state index in [0.29, 0.717) is 43.9 Å². The molecule has 2 aliphatic carbocycles. The molecule has 2 saturated heterocycles. The van der Waals surface area contributed by atoms with Crippen molar-refractivity contribution in [2.75, 3.05) is 18.4 Å². The predicted molar refractivity (Wildman–Crippen MR) is 169 cm³/mol. The van der Waals surface area contributed by atoms with Crippen LogP contribution in [0.15, 0.2) is 30.7 Å². The van der Waals surface area contributed by atoms with Crippen molar-refractivity contribution in [3.63, 3.8) is 0 Å². The minimum absolute atomic E-state index is 0.00438. The van der Waals surface area contributed by atoms with E-state index in [4.69, 9.17) is 0 Å². The van der Waals surface area contributed by atoms with E-state index in [9.17, 15) is 28.0 Å². The number of piperidine rings is 1. The Morgan fingerprint density at radius 3 is 2.52 bits per heavy atom. The van der Waals surface area contributed by atoms with Gasteiger partial charge in [-0.2, -0.15) is 10.2 Å². The van der Waals surface area contributed by atoms with Crippen molar-refractivity contribution in [1.82, 2.24) is 35.2 Å². The number of anilines is 1. The number of aromatic amines is 1. The number of carbonyl (C=O) groups is 4. The number of pyridine rings is 1. The topological polar surface area (TPSA) is 155 Å². The largest absolute Gasteiger partial charge is 0.342 e. The van der Waals surface area contributed by atoms with E-state index in [1.54, 1.807) is 17.1 Å². The molecule has 1 atom stereocenters. The summed E-state index contributed by atoms with van der Waals surface area (Å²) >= 11 is 0. The van der Waals surface area contributed by atoms with Crippen molar-refractivity contribution in [3.8, 4) is 0 Å². The van der Waals surface area contributed by atoms with Crippen molar-refractivity contribution in [1.29, 1.82) is 0 Å². The Kier molecular flexibility index (Phi) is 8.15. The maximum absolute atomic E-state index is 14.7. The molecule has 3 fully saturated rings. The molecule has 1 saturated carbocycles. The minimum atomic E-state index is -2.95. The molecule has 1 unspecified atom stereocenters. The Morgan fingerprint density at radius 1 is 1.04 bits per heavy atom. The standard InChI is InChI=1S/C34H40F2N8O4/c1-33(2)12-27-25(11-34(33,35)36)29(42-41-27)31(47)39-23-14-38-44(18-23)17-19-15-43(16-19)32(48)21-5-3-20(4-6-21)26-9-7-22(13-37-26)24-8-10-28(45)40-30(24)46/h7,9,13-14,18-21,24H,3-6,8,10-12,15-17H2,1-2H3,(H,39,47)(H,41,42)(H,40,45,46). The molecule has 0 bridgehead atoms. The molecule has 3 N–H and O–H groups in total. The fourth-order valence-electron chi connectivity index (χ4n) is 7.58. The number of hydrogen-bond acceptors (Lipinski definition) is 7. The molecule has 4 amide bonds. The summed E-state index contributed by atoms with van der Waals surface area (Å²) in [4.78, 5) is 56.4. The van der Waals surface area contributed by atoms with Gasteiger partial charge < -0.3 is 10.2 Å². The first-order valence-corrected chi connectivity index (χ1v) is 16.7. The summed E-state index contributed by atoms with van der Waals surface area (Å²) in [6, 6.07) is 3.91. The molecule has 2 aliphatic heterocycles. The molecule has 48 heavy (non-hydrogen) atoms. The van der Waals surface area contributed by atoms with Gasteiger partial charge in [0.1, 0.15) is 0 Å². The predicted octanol–water partition coefficient (Wildman–Crippen LogP) is 3.97. The summed E-state index contributed by atoms with van der Waals surface area (Å²) < 4.78 is 31.1. The van der Waals surface area contributed by atoms with Gasteiger partial charge >= 0.3 is 0 Å². The number of rotatable bonds is 7. The van der Waals surface area contributed by atoms with Crippen LogP contribution in [0, 0.1) is 17.3 Å². The molecule has 0 radical (unpaired) electrons. The third kappa shape index (κ3) is 6.12. The van der Waals surface area contributed by atoms with Crippen LogP contribution >= 0.6 is 0 Å². The first-order valence-electron chi connectivity index (χ1n) is 16.7. The van der Waals surface area contributed by atoms with Crippen LogP contribution in [0.5, 0.6) is 0 Å². The summed E-state index contributed by atoms with van der Waals surface area (Å²) in [6.45, 7) is 4.91. The number of carbonyl (C=O) groups excluding carboxylic acids is 4. The highest BCUT2D eigenvalue weighted by Gasteiger charge is 2.51. The van der Waals surface area contributed by atoms with Crippen LogP contribution in [0.1, 0.15) is 97.2 Å². The molecule has 5 heterocycles. The van der Waals surface area contributed by atoms with Gasteiger partial charge in [0.25, 0.3) is 11.8 Å². The lowest BCUT2D eigenvalue weighted by atomic mass is 9.73. The highest BCUT2D eigenvalue weighted by atomic mass is 19.3. The van der Waals surface area contributed by atoms with Crippen LogP contribution < -0.4 is 10.6 Å². The van der Waals surface area contributed by atoms with Gasteiger partial charge in [0, 0.05) is 91.4 Å². The van der Waals surface area contributed by atoms with Crippen molar-refractivity contribution in [2.45, 2.75) is 89.5 Å². The van der Waals surface area contributed by atoms with E-state index >= 15 is 0 Å². The number of halogens is 2. The number of alkyl halides is 2. The van der Waals surface area contributed by atoms with Crippen LogP contribution in [0.25, 0.3) is 0 Å². The zero-order valence-corrected chi connectivity index (χ0v) is 27.1. The highest BCUT2D eigenvalue weighted by molar-refractivity contribution is 6.04. The number of aromatic nitrogens is 5. The Balaban J connectivity index is 0.855. The zero-order chi connectivity index (χ0) is 33.8. The Morgan fingerprint density at radius 2 is 1.81 bits per heavy atom. The number of hydrogen-bond donors (Lipinski definition) is 3. The van der Waals surface area contributed by atoms with E-state index in [0.717, 1.165) is 36.9 Å². The first-order chi connectivity index (χ1) is 22.9. The maximum Gasteiger partial charge on any atom is 0.276 e. The fourth-order valence-corrected chi connectivity index (χ4v) is 7.58. The number of nitrogens with zero attached hydrogens (tertiary/aromatic N) is 5. The summed E-state index contributed by atoms with van der Waals surface area (Å²) in [6.07, 6.45) is 8.73. The monoisotopic (exact) mass is 662 g/mol. The molecule has 7 rings (SSSR count). The van der Waals surface area contributed by atoms with E-state index in [2.05, 4.69) is 30.9 Å². The number of fused-ring (bicyclic) bond motifs is 1. The van der Waals surface area contributed by atoms with E-state index in [1.807, 2.05) is 17.0 Å². The van der Waals surface area contributed by atoms with Gasteiger partial charge in [0.05, 0.1) is 17.8 Å². The summed E-state index contributed by atoms with van der Waals surface area (Å²) in [5.74, 6) is -3.65. The SMILES string of the molecule is CC1(C)Cc2[nH]nc(C(=O)Nc3cnn(CC4CN(C(=O)C5CCC(c6ccc(C7CCC(=O)NC7=O)cn6)CC5)C4)c3)c2CC1(F)F. The second-order valence-electron chi connectivity index (χ2n) is 14.6. The molecule has 0 spiro atoms. The zero-order valence-electron chi connectivity index (χ0n) is 27.1. The van der Waals surface area contributed by atoms with E-state index in [1.165, 1.54) is 20.0 Å². The van der Waals surface area contributed by atoms with Gasteiger partial charge in [-0.15, -0.1) is 0 Å². The molecule has 3 aromatic rings. The van der Waals surface area contributed by atoms with Crippen LogP contribution in [0.4, 0.5) is 14.5 Å². The van der Waals surface area contributed by atoms with Crippen molar-refractivity contribution in [3.05, 3.63) is 58.9 Å². The van der Waals surface area contributed by atoms with Crippen LogP contribution in [-0.4, -0.2) is 72.5 Å². The lowest BCUT2D eigenvalue weighted by Gasteiger charge is -2.42. The molecule has 4 aliphatic rings. The second-order valence-corrected chi connectivity index (χ2v) is 14.6. The molecular weight excluding hydrogens is 622 g/mol. The molecular formula is C34H40F2N8O4. The fraction of sp³-hybridized carbons (Fsp3) is 0.559. The first kappa shape index (κ1) is 32.1. The minimum Gasteiger partial charge on any atom is -0.342 e.